The Kier molecular flexibility index (Phi) is 4.99. The van der Waals surface area contributed by atoms with Crippen molar-refractivity contribution in [3.63, 3.8) is 0 Å². The van der Waals surface area contributed by atoms with Crippen LogP contribution in [0.2, 0.25) is 0 Å². The van der Waals surface area contributed by atoms with E-state index in [1.807, 2.05) is 0 Å². The lowest BCUT2D eigenvalue weighted by molar-refractivity contribution is -0.142. The first-order valence-electron chi connectivity index (χ1n) is 8.82. The Morgan fingerprint density at radius 2 is 1.90 bits per heavy atom. The molecule has 4 heterocycles. The van der Waals surface area contributed by atoms with Gasteiger partial charge in [0.15, 0.2) is 0 Å². The number of alkyl halides is 5. The fourth-order valence-corrected chi connectivity index (χ4v) is 3.20. The molecule has 0 amide bonds. The zero-order valence-electron chi connectivity index (χ0n) is 15.8. The standard InChI is InChI=1S/C19H14F5N5O2/c1-10-2-14(11-3-13(6-25-4-11)31-18(20)21)27-15-8-29(17(30)16(10)15)12-5-26-28(7-12)9-19(22,23)24/h2-8,18,30H,9H2,1H3. The van der Waals surface area contributed by atoms with Gasteiger partial charge < -0.3 is 9.84 Å². The second kappa shape index (κ2) is 7.52. The van der Waals surface area contributed by atoms with Crippen LogP contribution >= 0.6 is 0 Å². The van der Waals surface area contributed by atoms with Gasteiger partial charge in [0.05, 0.1) is 34.7 Å². The fourth-order valence-electron chi connectivity index (χ4n) is 3.20. The van der Waals surface area contributed by atoms with E-state index in [9.17, 15) is 27.1 Å². The zero-order valence-corrected chi connectivity index (χ0v) is 15.8. The molecule has 0 radical (unpaired) electrons. The van der Waals surface area contributed by atoms with E-state index in [0.29, 0.717) is 32.4 Å². The molecule has 0 aliphatic rings. The highest BCUT2D eigenvalue weighted by Crippen LogP contribution is 2.34. The molecule has 0 bridgehead atoms. The minimum absolute atomic E-state index is 0.135. The monoisotopic (exact) mass is 439 g/mol. The quantitative estimate of drug-likeness (QED) is 0.465. The lowest BCUT2D eigenvalue weighted by Gasteiger charge is -2.07. The maximum Gasteiger partial charge on any atom is 0.408 e. The summed E-state index contributed by atoms with van der Waals surface area (Å²) in [5, 5.41) is 14.7. The van der Waals surface area contributed by atoms with Gasteiger partial charge in [0.2, 0.25) is 5.88 Å². The molecule has 0 aliphatic heterocycles. The van der Waals surface area contributed by atoms with E-state index in [1.54, 1.807) is 13.0 Å². The van der Waals surface area contributed by atoms with Crippen molar-refractivity contribution < 1.29 is 31.8 Å². The summed E-state index contributed by atoms with van der Waals surface area (Å²) >= 11 is 0. The molecular formula is C19H14F5N5O2. The fraction of sp³-hybridized carbons (Fsp3) is 0.211. The Labute approximate surface area is 171 Å². The van der Waals surface area contributed by atoms with Crippen molar-refractivity contribution in [1.29, 1.82) is 0 Å². The molecule has 0 atom stereocenters. The second-order valence-electron chi connectivity index (χ2n) is 6.71. The van der Waals surface area contributed by atoms with Crippen molar-refractivity contribution in [3.05, 3.63) is 48.7 Å². The van der Waals surface area contributed by atoms with Crippen LogP contribution in [0.4, 0.5) is 22.0 Å². The van der Waals surface area contributed by atoms with E-state index < -0.39 is 19.3 Å². The maximum atomic E-state index is 12.6. The van der Waals surface area contributed by atoms with Gasteiger partial charge in [0.25, 0.3) is 0 Å². The van der Waals surface area contributed by atoms with Crippen molar-refractivity contribution in [2.24, 2.45) is 0 Å². The number of aryl methyl sites for hydroxylation is 1. The highest BCUT2D eigenvalue weighted by Gasteiger charge is 2.28. The number of pyridine rings is 2. The Morgan fingerprint density at radius 1 is 1.13 bits per heavy atom. The number of aromatic hydroxyl groups is 1. The third-order valence-corrected chi connectivity index (χ3v) is 4.42. The topological polar surface area (TPSA) is 78.0 Å². The molecule has 31 heavy (non-hydrogen) atoms. The molecule has 4 rings (SSSR count). The summed E-state index contributed by atoms with van der Waals surface area (Å²) in [5.74, 6) is -0.351. The van der Waals surface area contributed by atoms with Crippen LogP contribution in [0.5, 0.6) is 11.6 Å². The van der Waals surface area contributed by atoms with Crippen LogP contribution in [-0.2, 0) is 6.54 Å². The molecule has 0 fully saturated rings. The predicted molar refractivity (Wildman–Crippen MR) is 99.2 cm³/mol. The van der Waals surface area contributed by atoms with Crippen molar-refractivity contribution in [3.8, 4) is 28.6 Å². The highest BCUT2D eigenvalue weighted by molar-refractivity contribution is 5.90. The molecule has 4 aromatic heterocycles. The molecule has 4 aromatic rings. The molecular weight excluding hydrogens is 425 g/mol. The van der Waals surface area contributed by atoms with Gasteiger partial charge >= 0.3 is 12.8 Å². The normalized spacial score (nSPS) is 12.1. The van der Waals surface area contributed by atoms with Gasteiger partial charge in [-0.2, -0.15) is 27.1 Å². The molecule has 0 saturated carbocycles. The summed E-state index contributed by atoms with van der Waals surface area (Å²) < 4.78 is 69.0. The number of nitrogens with zero attached hydrogens (tertiary/aromatic N) is 5. The number of rotatable bonds is 5. The lowest BCUT2D eigenvalue weighted by atomic mass is 10.1. The summed E-state index contributed by atoms with van der Waals surface area (Å²) in [6.07, 6.45) is 1.92. The van der Waals surface area contributed by atoms with E-state index in [0.717, 1.165) is 12.4 Å². The molecule has 0 aromatic carbocycles. The van der Waals surface area contributed by atoms with Crippen molar-refractivity contribution in [1.82, 2.24) is 24.3 Å². The summed E-state index contributed by atoms with van der Waals surface area (Å²) in [5.41, 5.74) is 1.97. The van der Waals surface area contributed by atoms with Gasteiger partial charge in [-0.25, -0.2) is 4.98 Å². The van der Waals surface area contributed by atoms with Crippen LogP contribution in [0.25, 0.3) is 27.8 Å². The number of hydrogen-bond donors (Lipinski definition) is 1. The SMILES string of the molecule is Cc1cc(-c2cncc(OC(F)F)c2)nc2cn(-c3cnn(CC(F)(F)F)c3)c(O)c12. The van der Waals surface area contributed by atoms with Crippen LogP contribution in [0.15, 0.2) is 43.1 Å². The van der Waals surface area contributed by atoms with E-state index in [2.05, 4.69) is 19.8 Å². The van der Waals surface area contributed by atoms with E-state index in [1.165, 1.54) is 29.2 Å². The Morgan fingerprint density at radius 3 is 2.61 bits per heavy atom. The first-order valence-corrected chi connectivity index (χ1v) is 8.82. The first kappa shape index (κ1) is 20.6. The van der Waals surface area contributed by atoms with Gasteiger partial charge in [-0.1, -0.05) is 0 Å². The second-order valence-corrected chi connectivity index (χ2v) is 6.71. The number of hydrogen-bond acceptors (Lipinski definition) is 5. The smallest absolute Gasteiger partial charge is 0.408 e. The highest BCUT2D eigenvalue weighted by atomic mass is 19.4. The van der Waals surface area contributed by atoms with Crippen molar-refractivity contribution >= 4 is 10.9 Å². The van der Waals surface area contributed by atoms with Crippen LogP contribution < -0.4 is 4.74 Å². The molecule has 12 heteroatoms. The number of fused-ring (bicyclic) bond motifs is 1. The molecule has 0 saturated heterocycles. The summed E-state index contributed by atoms with van der Waals surface area (Å²) in [4.78, 5) is 8.30. The number of ether oxygens (including phenoxy) is 1. The Bertz CT molecular complexity index is 1250. The van der Waals surface area contributed by atoms with Crippen LogP contribution in [0.1, 0.15) is 5.56 Å². The molecule has 7 nitrogen and oxygen atoms in total. The number of aromatic nitrogens is 5. The average molecular weight is 439 g/mol. The van der Waals surface area contributed by atoms with Crippen molar-refractivity contribution in [2.75, 3.05) is 0 Å². The molecule has 0 aliphatic carbocycles. The third-order valence-electron chi connectivity index (χ3n) is 4.42. The van der Waals surface area contributed by atoms with Crippen LogP contribution in [0, 0.1) is 6.92 Å². The molecule has 0 spiro atoms. The van der Waals surface area contributed by atoms with E-state index >= 15 is 0 Å². The maximum absolute atomic E-state index is 12.6. The molecule has 162 valence electrons. The third kappa shape index (κ3) is 4.27. The lowest BCUT2D eigenvalue weighted by Crippen LogP contribution is -2.17. The van der Waals surface area contributed by atoms with Gasteiger partial charge in [0.1, 0.15) is 12.3 Å². The minimum atomic E-state index is -4.43. The van der Waals surface area contributed by atoms with E-state index in [4.69, 9.17) is 0 Å². The van der Waals surface area contributed by atoms with Gasteiger partial charge in [0, 0.05) is 24.2 Å². The summed E-state index contributed by atoms with van der Waals surface area (Å²) in [6, 6.07) is 2.98. The van der Waals surface area contributed by atoms with E-state index in [-0.39, 0.29) is 17.3 Å². The molecule has 1 N–H and O–H groups in total. The largest absolute Gasteiger partial charge is 0.494 e. The van der Waals surface area contributed by atoms with Gasteiger partial charge in [-0.15, -0.1) is 0 Å². The minimum Gasteiger partial charge on any atom is -0.494 e. The zero-order chi connectivity index (χ0) is 22.3. The Balaban J connectivity index is 1.74. The average Bonchev–Trinajstić information content (AvgIpc) is 3.24. The predicted octanol–water partition coefficient (Wildman–Crippen LogP) is 4.46. The van der Waals surface area contributed by atoms with Gasteiger partial charge in [-0.05, 0) is 24.6 Å². The summed E-state index contributed by atoms with van der Waals surface area (Å²) in [6.45, 7) is -2.56. The van der Waals surface area contributed by atoms with Crippen molar-refractivity contribution in [2.45, 2.75) is 26.3 Å². The van der Waals surface area contributed by atoms with Crippen LogP contribution in [-0.4, -0.2) is 42.2 Å². The Hall–Kier alpha value is -3.70. The first-order chi connectivity index (χ1) is 14.6. The summed E-state index contributed by atoms with van der Waals surface area (Å²) in [7, 11) is 0. The number of halogens is 5. The van der Waals surface area contributed by atoms with Crippen LogP contribution in [0.3, 0.4) is 0 Å². The van der Waals surface area contributed by atoms with Gasteiger partial charge in [-0.3, -0.25) is 14.2 Å². The molecule has 0 unspecified atom stereocenters.